The molecule has 1 aromatic carbocycles. The van der Waals surface area contributed by atoms with Crippen molar-refractivity contribution in [2.24, 2.45) is 0 Å². The first-order valence-corrected chi connectivity index (χ1v) is 11.5. The highest BCUT2D eigenvalue weighted by atomic mass is 35.5. The van der Waals surface area contributed by atoms with Gasteiger partial charge in [-0.05, 0) is 44.0 Å². The fraction of sp³-hybridized carbons (Fsp3) is 0.391. The average molecular weight is 444 g/mol. The Morgan fingerprint density at radius 2 is 1.93 bits per heavy atom. The molecule has 30 heavy (non-hydrogen) atoms. The summed E-state index contributed by atoms with van der Waals surface area (Å²) in [5.41, 5.74) is 5.79. The topological polar surface area (TPSA) is 47.4 Å². The number of hydrogen-bond donors (Lipinski definition) is 0. The molecule has 0 bridgehead atoms. The Bertz CT molecular complexity index is 1020. The molecule has 0 N–H and O–H groups in total. The Kier molecular flexibility index (Phi) is 6.56. The molecule has 0 aliphatic carbocycles. The van der Waals surface area contributed by atoms with E-state index in [9.17, 15) is 4.79 Å². The molecule has 0 radical (unpaired) electrons. The van der Waals surface area contributed by atoms with Crippen molar-refractivity contribution in [2.45, 2.75) is 33.2 Å². The van der Waals surface area contributed by atoms with Gasteiger partial charge in [-0.15, -0.1) is 11.3 Å². The smallest absolute Gasteiger partial charge is 0.229 e. The average Bonchev–Trinajstić information content (AvgIpc) is 3.32. The van der Waals surface area contributed by atoms with E-state index in [1.54, 1.807) is 11.3 Å². The van der Waals surface area contributed by atoms with Gasteiger partial charge in [-0.2, -0.15) is 0 Å². The largest absolute Gasteiger partial charge is 0.378 e. The zero-order valence-electron chi connectivity index (χ0n) is 17.4. The van der Waals surface area contributed by atoms with Gasteiger partial charge < -0.3 is 14.2 Å². The molecule has 1 aliphatic rings. The molecule has 7 heteroatoms. The minimum absolute atomic E-state index is 0.132. The molecule has 2 aromatic heterocycles. The molecular formula is C23H26ClN3O2S. The predicted molar refractivity (Wildman–Crippen MR) is 121 cm³/mol. The number of benzene rings is 1. The van der Waals surface area contributed by atoms with Crippen molar-refractivity contribution in [1.82, 2.24) is 14.5 Å². The fourth-order valence-corrected chi connectivity index (χ4v) is 4.78. The van der Waals surface area contributed by atoms with E-state index in [2.05, 4.69) is 42.0 Å². The number of aryl methyl sites for hydroxylation is 2. The van der Waals surface area contributed by atoms with Crippen LogP contribution < -0.4 is 0 Å². The van der Waals surface area contributed by atoms with Crippen LogP contribution in [0.3, 0.4) is 0 Å². The van der Waals surface area contributed by atoms with E-state index in [1.807, 2.05) is 17.0 Å². The van der Waals surface area contributed by atoms with Crippen molar-refractivity contribution in [2.75, 3.05) is 26.3 Å². The third-order valence-electron chi connectivity index (χ3n) is 5.60. The molecule has 1 aliphatic heterocycles. The van der Waals surface area contributed by atoms with Crippen molar-refractivity contribution in [1.29, 1.82) is 0 Å². The molecule has 0 atom stereocenters. The van der Waals surface area contributed by atoms with Crippen LogP contribution in [-0.4, -0.2) is 46.7 Å². The number of morpholine rings is 1. The van der Waals surface area contributed by atoms with Crippen LogP contribution in [0.25, 0.3) is 11.3 Å². The number of nitrogens with zero attached hydrogens (tertiary/aromatic N) is 3. The number of carbonyl (C=O) groups is 1. The Morgan fingerprint density at radius 3 is 2.67 bits per heavy atom. The lowest BCUT2D eigenvalue weighted by Crippen LogP contribution is -2.41. The van der Waals surface area contributed by atoms with Gasteiger partial charge in [0.15, 0.2) is 0 Å². The summed E-state index contributed by atoms with van der Waals surface area (Å²) in [6, 6.07) is 10.2. The van der Waals surface area contributed by atoms with Crippen LogP contribution in [0.4, 0.5) is 0 Å². The molecular weight excluding hydrogens is 418 g/mol. The Labute approximate surface area is 186 Å². The standard InChI is InChI=1S/C23H26ClN3O2S/c1-16-13-20(17(2)27(16)8-7-18-3-5-19(24)6-4-18)21-15-30-22(25-21)14-23(28)26-9-11-29-12-10-26/h3-6,13,15H,7-12,14H2,1-2H3. The number of hydrogen-bond acceptors (Lipinski definition) is 4. The quantitative estimate of drug-likeness (QED) is 0.562. The summed E-state index contributed by atoms with van der Waals surface area (Å²) in [5.74, 6) is 0.132. The zero-order valence-corrected chi connectivity index (χ0v) is 18.9. The summed E-state index contributed by atoms with van der Waals surface area (Å²) in [7, 11) is 0. The first-order valence-electron chi connectivity index (χ1n) is 10.2. The Balaban J connectivity index is 1.45. The molecule has 0 unspecified atom stereocenters. The highest BCUT2D eigenvalue weighted by Crippen LogP contribution is 2.29. The van der Waals surface area contributed by atoms with E-state index in [0.29, 0.717) is 32.7 Å². The van der Waals surface area contributed by atoms with Crippen molar-refractivity contribution in [3.05, 3.63) is 62.7 Å². The molecule has 1 amide bonds. The number of ether oxygens (including phenoxy) is 1. The van der Waals surface area contributed by atoms with Gasteiger partial charge in [0.25, 0.3) is 0 Å². The van der Waals surface area contributed by atoms with Gasteiger partial charge in [-0.3, -0.25) is 4.79 Å². The minimum Gasteiger partial charge on any atom is -0.378 e. The number of halogens is 1. The van der Waals surface area contributed by atoms with Crippen LogP contribution in [0.1, 0.15) is 22.0 Å². The van der Waals surface area contributed by atoms with Gasteiger partial charge in [-0.1, -0.05) is 23.7 Å². The van der Waals surface area contributed by atoms with E-state index >= 15 is 0 Å². The highest BCUT2D eigenvalue weighted by molar-refractivity contribution is 7.10. The molecule has 5 nitrogen and oxygen atoms in total. The molecule has 3 aromatic rings. The number of thiazole rings is 1. The SMILES string of the molecule is Cc1cc(-c2csc(CC(=O)N3CCOCC3)n2)c(C)n1CCc1ccc(Cl)cc1. The first-order chi connectivity index (χ1) is 14.5. The zero-order chi connectivity index (χ0) is 21.1. The van der Waals surface area contributed by atoms with Gasteiger partial charge in [0.2, 0.25) is 5.91 Å². The summed E-state index contributed by atoms with van der Waals surface area (Å²) >= 11 is 7.55. The minimum atomic E-state index is 0.132. The lowest BCUT2D eigenvalue weighted by molar-refractivity contribution is -0.134. The monoisotopic (exact) mass is 443 g/mol. The Morgan fingerprint density at radius 1 is 1.20 bits per heavy atom. The van der Waals surface area contributed by atoms with Crippen molar-refractivity contribution in [3.63, 3.8) is 0 Å². The van der Waals surface area contributed by atoms with Crippen LogP contribution in [0.5, 0.6) is 0 Å². The summed E-state index contributed by atoms with van der Waals surface area (Å²) in [5, 5.41) is 3.70. The number of carbonyl (C=O) groups excluding carboxylic acids is 1. The van der Waals surface area contributed by atoms with Crippen LogP contribution in [0.2, 0.25) is 5.02 Å². The highest BCUT2D eigenvalue weighted by Gasteiger charge is 2.19. The third kappa shape index (κ3) is 4.77. The number of aromatic nitrogens is 2. The van der Waals surface area contributed by atoms with Crippen molar-refractivity contribution >= 4 is 28.8 Å². The van der Waals surface area contributed by atoms with Crippen molar-refractivity contribution in [3.8, 4) is 11.3 Å². The summed E-state index contributed by atoms with van der Waals surface area (Å²) in [6.45, 7) is 7.77. The second-order valence-corrected chi connectivity index (χ2v) is 8.99. The van der Waals surface area contributed by atoms with Crippen LogP contribution >= 0.6 is 22.9 Å². The van der Waals surface area contributed by atoms with Gasteiger partial charge in [-0.25, -0.2) is 4.98 Å². The number of amides is 1. The molecule has 1 saturated heterocycles. The third-order valence-corrected chi connectivity index (χ3v) is 6.71. The second-order valence-electron chi connectivity index (χ2n) is 7.61. The van der Waals surface area contributed by atoms with Crippen LogP contribution in [0.15, 0.2) is 35.7 Å². The normalized spacial score (nSPS) is 14.3. The van der Waals surface area contributed by atoms with Crippen molar-refractivity contribution < 1.29 is 9.53 Å². The summed E-state index contributed by atoms with van der Waals surface area (Å²) in [4.78, 5) is 19.1. The maximum atomic E-state index is 12.5. The van der Waals surface area contributed by atoms with Gasteiger partial charge in [0, 0.05) is 47.0 Å². The molecule has 1 fully saturated rings. The van der Waals surface area contributed by atoms with Gasteiger partial charge >= 0.3 is 0 Å². The van der Waals surface area contributed by atoms with E-state index in [0.717, 1.165) is 34.3 Å². The predicted octanol–water partition coefficient (Wildman–Crippen LogP) is 4.53. The fourth-order valence-electron chi connectivity index (χ4n) is 3.87. The summed E-state index contributed by atoms with van der Waals surface area (Å²) < 4.78 is 7.66. The molecule has 158 valence electrons. The van der Waals surface area contributed by atoms with E-state index in [1.165, 1.54) is 17.0 Å². The Hall–Kier alpha value is -2.15. The van der Waals surface area contributed by atoms with E-state index in [-0.39, 0.29) is 5.91 Å². The molecule has 0 spiro atoms. The molecule has 3 heterocycles. The maximum absolute atomic E-state index is 12.5. The molecule has 0 saturated carbocycles. The van der Waals surface area contributed by atoms with Crippen LogP contribution in [-0.2, 0) is 28.9 Å². The van der Waals surface area contributed by atoms with Gasteiger partial charge in [0.1, 0.15) is 5.01 Å². The second kappa shape index (κ2) is 9.33. The first kappa shape index (κ1) is 21.1. The van der Waals surface area contributed by atoms with Crippen LogP contribution in [0, 0.1) is 13.8 Å². The molecule has 4 rings (SSSR count). The lowest BCUT2D eigenvalue weighted by Gasteiger charge is -2.26. The lowest BCUT2D eigenvalue weighted by atomic mass is 10.1. The van der Waals surface area contributed by atoms with Gasteiger partial charge in [0.05, 0.1) is 25.3 Å². The summed E-state index contributed by atoms with van der Waals surface area (Å²) in [6.07, 6.45) is 1.31. The van der Waals surface area contributed by atoms with E-state index in [4.69, 9.17) is 21.3 Å². The maximum Gasteiger partial charge on any atom is 0.229 e. The van der Waals surface area contributed by atoms with E-state index < -0.39 is 0 Å². The number of rotatable bonds is 6.